The van der Waals surface area contributed by atoms with E-state index >= 15 is 0 Å². The first-order valence-corrected chi connectivity index (χ1v) is 9.49. The second-order valence-electron chi connectivity index (χ2n) is 6.64. The molecule has 2 heterocycles. The molecule has 0 unspecified atom stereocenters. The third kappa shape index (κ3) is 7.27. The molecule has 0 aliphatic heterocycles. The smallest absolute Gasteiger partial charge is 0.412 e. The van der Waals surface area contributed by atoms with Crippen LogP contribution in [0, 0.1) is 13.8 Å². The Morgan fingerprint density at radius 2 is 1.44 bits per heavy atom. The second kappa shape index (κ2) is 8.87. The molecule has 2 aromatic rings. The number of carbonyl (C=O) groups excluding carboxylic acids is 3. The molecule has 2 aromatic heterocycles. The molecule has 8 nitrogen and oxygen atoms in total. The Labute approximate surface area is 165 Å². The first-order valence-electron chi connectivity index (χ1n) is 7.86. The van der Waals surface area contributed by atoms with E-state index in [4.69, 9.17) is 21.9 Å². The van der Waals surface area contributed by atoms with Crippen LogP contribution in [0.25, 0.3) is 0 Å². The van der Waals surface area contributed by atoms with Gasteiger partial charge in [0.05, 0.1) is 19.8 Å². The zero-order valence-electron chi connectivity index (χ0n) is 15.8. The Bertz CT molecular complexity index is 850. The van der Waals surface area contributed by atoms with Gasteiger partial charge in [-0.2, -0.15) is 0 Å². The van der Waals surface area contributed by atoms with Crippen molar-refractivity contribution >= 4 is 50.6 Å². The minimum Gasteiger partial charge on any atom is -0.444 e. The lowest BCUT2D eigenvalue weighted by atomic mass is 10.2. The van der Waals surface area contributed by atoms with Gasteiger partial charge in [-0.25, -0.2) is 4.79 Å². The summed E-state index contributed by atoms with van der Waals surface area (Å²) in [4.78, 5) is 34.1. The van der Waals surface area contributed by atoms with E-state index in [1.165, 1.54) is 11.3 Å². The molecule has 0 aromatic carbocycles. The van der Waals surface area contributed by atoms with Crippen molar-refractivity contribution in [2.45, 2.75) is 40.2 Å². The maximum absolute atomic E-state index is 11.5. The van der Waals surface area contributed by atoms with Gasteiger partial charge in [0.2, 0.25) is 0 Å². The highest BCUT2D eigenvalue weighted by Crippen LogP contribution is 2.26. The van der Waals surface area contributed by atoms with Gasteiger partial charge >= 0.3 is 6.09 Å². The number of nitrogens with one attached hydrogen (secondary N) is 1. The van der Waals surface area contributed by atoms with Crippen molar-refractivity contribution in [1.82, 2.24) is 0 Å². The summed E-state index contributed by atoms with van der Waals surface area (Å²) in [6.07, 6.45) is -0.547. The minimum absolute atomic E-state index is 0.404. The maximum Gasteiger partial charge on any atom is 0.412 e. The van der Waals surface area contributed by atoms with Gasteiger partial charge in [0.15, 0.2) is 0 Å². The summed E-state index contributed by atoms with van der Waals surface area (Å²) in [5.41, 5.74) is 16.7. The number of thiophene rings is 2. The van der Waals surface area contributed by atoms with Gasteiger partial charge in [0.25, 0.3) is 11.8 Å². The Kier molecular flexibility index (Phi) is 7.37. The number of primary amides is 2. The molecule has 0 saturated heterocycles. The van der Waals surface area contributed by atoms with Crippen LogP contribution in [0.3, 0.4) is 0 Å². The van der Waals surface area contributed by atoms with Gasteiger partial charge in [-0.1, -0.05) is 0 Å². The second-order valence-corrected chi connectivity index (χ2v) is 8.78. The van der Waals surface area contributed by atoms with Gasteiger partial charge in [-0.3, -0.25) is 14.9 Å². The summed E-state index contributed by atoms with van der Waals surface area (Å²) in [6.45, 7) is 8.91. The van der Waals surface area contributed by atoms with Crippen LogP contribution in [0.4, 0.5) is 14.8 Å². The number of aryl methyl sites for hydroxylation is 2. The van der Waals surface area contributed by atoms with Crippen molar-refractivity contribution in [2.75, 3.05) is 11.1 Å². The first kappa shape index (κ1) is 22.5. The number of nitrogens with two attached hydrogens (primary N) is 3. The van der Waals surface area contributed by atoms with Crippen molar-refractivity contribution < 1.29 is 19.1 Å². The number of nitrogen functional groups attached to an aromatic ring is 1. The molecule has 0 aliphatic rings. The van der Waals surface area contributed by atoms with E-state index in [9.17, 15) is 14.4 Å². The van der Waals surface area contributed by atoms with Gasteiger partial charge in [-0.05, 0) is 57.9 Å². The predicted octanol–water partition coefficient (Wildman–Crippen LogP) is 3.24. The van der Waals surface area contributed by atoms with Gasteiger partial charge < -0.3 is 21.9 Å². The molecule has 148 valence electrons. The van der Waals surface area contributed by atoms with E-state index in [1.54, 1.807) is 39.8 Å². The molecule has 0 spiro atoms. The first-order chi connectivity index (χ1) is 12.3. The molecular formula is C17H24N4O4S2. The summed E-state index contributed by atoms with van der Waals surface area (Å²) < 4.78 is 5.09. The molecule has 0 atom stereocenters. The lowest BCUT2D eigenvalue weighted by Crippen LogP contribution is -2.26. The standard InChI is InChI=1S/C11H16N2O3S.C6H8N2OS/c1-6-5-7(17-8(6)9(12)14)13-10(15)16-11(2,3)4;1-3-2-4(7)10-5(3)6(8)9/h5H,1-4H3,(H2,12,14)(H,13,15);2H,7H2,1H3,(H2,8,9). The van der Waals surface area contributed by atoms with E-state index in [-0.39, 0.29) is 0 Å². The Hall–Kier alpha value is -2.59. The molecule has 0 fully saturated rings. The molecular weight excluding hydrogens is 388 g/mol. The van der Waals surface area contributed by atoms with Crippen molar-refractivity contribution in [1.29, 1.82) is 0 Å². The van der Waals surface area contributed by atoms with E-state index in [0.29, 0.717) is 19.8 Å². The molecule has 27 heavy (non-hydrogen) atoms. The molecule has 10 heteroatoms. The highest BCUT2D eigenvalue weighted by Gasteiger charge is 2.18. The summed E-state index contributed by atoms with van der Waals surface area (Å²) >= 11 is 2.36. The summed E-state index contributed by atoms with van der Waals surface area (Å²) in [5, 5.41) is 3.74. The molecule has 0 saturated carbocycles. The average Bonchev–Trinajstić information content (AvgIpc) is 2.99. The zero-order chi connectivity index (χ0) is 20.9. The van der Waals surface area contributed by atoms with Crippen molar-refractivity contribution in [2.24, 2.45) is 11.5 Å². The van der Waals surface area contributed by atoms with E-state index in [1.807, 2.05) is 6.92 Å². The minimum atomic E-state index is -0.553. The van der Waals surface area contributed by atoms with Crippen LogP contribution >= 0.6 is 22.7 Å². The third-order valence-corrected chi connectivity index (χ3v) is 5.17. The number of hydrogen-bond donors (Lipinski definition) is 4. The SMILES string of the molecule is Cc1cc(N)sc1C(N)=O.Cc1cc(NC(=O)OC(C)(C)C)sc1C(N)=O. The number of ether oxygens (including phenoxy) is 1. The monoisotopic (exact) mass is 412 g/mol. The molecule has 2 rings (SSSR count). The normalized spacial score (nSPS) is 10.6. The van der Waals surface area contributed by atoms with Gasteiger partial charge in [-0.15, -0.1) is 22.7 Å². The molecule has 7 N–H and O–H groups in total. The van der Waals surface area contributed by atoms with Gasteiger partial charge in [0.1, 0.15) is 5.60 Å². The summed E-state index contributed by atoms with van der Waals surface area (Å²) in [6, 6.07) is 3.43. The van der Waals surface area contributed by atoms with Crippen LogP contribution in [0.1, 0.15) is 51.2 Å². The quantitative estimate of drug-likeness (QED) is 0.610. The van der Waals surface area contributed by atoms with Crippen LogP contribution in [0.2, 0.25) is 0 Å². The number of hydrogen-bond acceptors (Lipinski definition) is 7. The van der Waals surface area contributed by atoms with E-state index in [2.05, 4.69) is 5.32 Å². The summed E-state index contributed by atoms with van der Waals surface area (Å²) in [7, 11) is 0. The number of amides is 3. The lowest BCUT2D eigenvalue weighted by Gasteiger charge is -2.19. The fourth-order valence-corrected chi connectivity index (χ4v) is 3.65. The maximum atomic E-state index is 11.5. The number of carbonyl (C=O) groups is 3. The van der Waals surface area contributed by atoms with Gasteiger partial charge in [0, 0.05) is 0 Å². The van der Waals surface area contributed by atoms with Crippen molar-refractivity contribution in [3.05, 3.63) is 33.0 Å². The number of rotatable bonds is 3. The van der Waals surface area contributed by atoms with Crippen molar-refractivity contribution in [3.63, 3.8) is 0 Å². The number of anilines is 2. The zero-order valence-corrected chi connectivity index (χ0v) is 17.5. The Balaban J connectivity index is 0.000000309. The fourth-order valence-electron chi connectivity index (χ4n) is 1.94. The van der Waals surface area contributed by atoms with Crippen LogP contribution in [0.15, 0.2) is 12.1 Å². The van der Waals surface area contributed by atoms with Crippen LogP contribution in [0.5, 0.6) is 0 Å². The molecule has 0 aliphatic carbocycles. The van der Waals surface area contributed by atoms with E-state index < -0.39 is 23.5 Å². The lowest BCUT2D eigenvalue weighted by molar-refractivity contribution is 0.0636. The largest absolute Gasteiger partial charge is 0.444 e. The van der Waals surface area contributed by atoms with Crippen molar-refractivity contribution in [3.8, 4) is 0 Å². The molecule has 0 bridgehead atoms. The highest BCUT2D eigenvalue weighted by atomic mass is 32.1. The average molecular weight is 413 g/mol. The van der Waals surface area contributed by atoms with E-state index in [0.717, 1.165) is 22.5 Å². The third-order valence-electron chi connectivity index (χ3n) is 2.93. The Morgan fingerprint density at radius 3 is 1.78 bits per heavy atom. The fraction of sp³-hybridized carbons (Fsp3) is 0.353. The van der Waals surface area contributed by atoms with Crippen LogP contribution in [-0.2, 0) is 4.74 Å². The van der Waals surface area contributed by atoms with Crippen LogP contribution < -0.4 is 22.5 Å². The Morgan fingerprint density at radius 1 is 0.963 bits per heavy atom. The van der Waals surface area contributed by atoms with Crippen LogP contribution in [-0.4, -0.2) is 23.5 Å². The topological polar surface area (TPSA) is 151 Å². The predicted molar refractivity (Wildman–Crippen MR) is 109 cm³/mol. The molecule has 0 radical (unpaired) electrons. The highest BCUT2D eigenvalue weighted by molar-refractivity contribution is 7.18. The summed E-state index contributed by atoms with van der Waals surface area (Å²) in [5.74, 6) is -0.899. The molecule has 3 amide bonds.